The van der Waals surface area contributed by atoms with Gasteiger partial charge in [-0.1, -0.05) is 0 Å². The van der Waals surface area contributed by atoms with Crippen molar-refractivity contribution in [2.24, 2.45) is 0 Å². The Bertz CT molecular complexity index is 446. The first kappa shape index (κ1) is 12.8. The number of benzene rings is 1. The fourth-order valence-corrected chi connectivity index (χ4v) is 1.45. The lowest BCUT2D eigenvalue weighted by molar-refractivity contribution is -0.151. The molecule has 1 aromatic carbocycles. The van der Waals surface area contributed by atoms with Crippen LogP contribution < -0.4 is 0 Å². The predicted octanol–water partition coefficient (Wildman–Crippen LogP) is 2.01. The number of methoxy groups -OCH3 is 1. The highest BCUT2D eigenvalue weighted by Crippen LogP contribution is 2.22. The molecule has 0 fully saturated rings. The minimum atomic E-state index is -1.13. The zero-order valence-electron chi connectivity index (χ0n) is 8.22. The Morgan fingerprint density at radius 2 is 2.00 bits per heavy atom. The van der Waals surface area contributed by atoms with Crippen molar-refractivity contribution in [3.8, 4) is 0 Å². The van der Waals surface area contributed by atoms with Crippen LogP contribution >= 0.6 is 15.9 Å². The smallest absolute Gasteiger partial charge is 0.374 e. The summed E-state index contributed by atoms with van der Waals surface area (Å²) in [7, 11) is 1.02. The predicted molar refractivity (Wildman–Crippen MR) is 54.8 cm³/mol. The quantitative estimate of drug-likeness (QED) is 0.486. The van der Waals surface area contributed by atoms with Gasteiger partial charge in [0.1, 0.15) is 11.6 Å². The van der Waals surface area contributed by atoms with Crippen LogP contribution in [0.1, 0.15) is 5.56 Å². The molecule has 0 amide bonds. The van der Waals surface area contributed by atoms with Crippen molar-refractivity contribution in [1.29, 1.82) is 0 Å². The highest BCUT2D eigenvalue weighted by atomic mass is 79.9. The molecule has 1 aromatic rings. The molecule has 0 aliphatic carbocycles. The molecule has 1 rings (SSSR count). The first-order valence-electron chi connectivity index (χ1n) is 4.21. The molecular weight excluding hydrogens is 286 g/mol. The minimum absolute atomic E-state index is 0.0292. The second-order valence-corrected chi connectivity index (χ2v) is 3.77. The van der Waals surface area contributed by atoms with Crippen LogP contribution in [0.3, 0.4) is 0 Å². The summed E-state index contributed by atoms with van der Waals surface area (Å²) in [5, 5.41) is 0. The summed E-state index contributed by atoms with van der Waals surface area (Å²) in [4.78, 5) is 21.9. The number of hydrogen-bond acceptors (Lipinski definition) is 3. The van der Waals surface area contributed by atoms with Gasteiger partial charge in [0.15, 0.2) is 0 Å². The Hall–Kier alpha value is -1.30. The van der Waals surface area contributed by atoms with Gasteiger partial charge in [-0.3, -0.25) is 4.79 Å². The lowest BCUT2D eigenvalue weighted by atomic mass is 10.1. The summed E-state index contributed by atoms with van der Waals surface area (Å²) in [6, 6.07) is 2.18. The molecule has 86 valence electrons. The second-order valence-electron chi connectivity index (χ2n) is 2.91. The third-order valence-electron chi connectivity index (χ3n) is 1.89. The number of carbonyl (C=O) groups excluding carboxylic acids is 2. The van der Waals surface area contributed by atoms with E-state index in [1.807, 2.05) is 0 Å². The van der Waals surface area contributed by atoms with Gasteiger partial charge in [0, 0.05) is 12.0 Å². The third-order valence-corrected chi connectivity index (χ3v) is 2.50. The highest BCUT2D eigenvalue weighted by molar-refractivity contribution is 9.10. The molecule has 0 aromatic heterocycles. The molecule has 0 N–H and O–H groups in total. The van der Waals surface area contributed by atoms with Crippen molar-refractivity contribution in [3.05, 3.63) is 33.8 Å². The molecule has 0 aliphatic rings. The van der Waals surface area contributed by atoms with Gasteiger partial charge in [0.05, 0.1) is 11.6 Å². The number of rotatable bonds is 3. The Balaban J connectivity index is 3.02. The normalized spacial score (nSPS) is 10.0. The van der Waals surface area contributed by atoms with E-state index >= 15 is 0 Å². The first-order valence-corrected chi connectivity index (χ1v) is 5.00. The van der Waals surface area contributed by atoms with Crippen LogP contribution in [0.5, 0.6) is 0 Å². The molecule has 0 radical (unpaired) electrons. The van der Waals surface area contributed by atoms with E-state index in [-0.39, 0.29) is 4.47 Å². The van der Waals surface area contributed by atoms with E-state index in [4.69, 9.17) is 0 Å². The number of ether oxygens (including phenoxy) is 1. The second kappa shape index (κ2) is 5.16. The molecule has 0 heterocycles. The molecule has 0 bridgehead atoms. The van der Waals surface area contributed by atoms with E-state index in [1.54, 1.807) is 0 Å². The molecule has 0 saturated carbocycles. The van der Waals surface area contributed by atoms with Gasteiger partial charge >= 0.3 is 5.97 Å². The van der Waals surface area contributed by atoms with Crippen molar-refractivity contribution >= 4 is 27.7 Å². The van der Waals surface area contributed by atoms with Crippen LogP contribution in [-0.2, 0) is 20.7 Å². The van der Waals surface area contributed by atoms with Gasteiger partial charge in [0.2, 0.25) is 5.78 Å². The molecule has 0 unspecified atom stereocenters. The number of halogens is 3. The van der Waals surface area contributed by atoms with Crippen LogP contribution in [0, 0.1) is 11.6 Å². The third kappa shape index (κ3) is 2.63. The van der Waals surface area contributed by atoms with Crippen LogP contribution in [-0.4, -0.2) is 18.9 Å². The number of hydrogen-bond donors (Lipinski definition) is 0. The van der Waals surface area contributed by atoms with E-state index in [0.717, 1.165) is 13.2 Å². The lowest BCUT2D eigenvalue weighted by Crippen LogP contribution is -2.19. The van der Waals surface area contributed by atoms with Gasteiger partial charge in [-0.25, -0.2) is 13.6 Å². The van der Waals surface area contributed by atoms with Crippen LogP contribution in [0.4, 0.5) is 8.78 Å². The maximum Gasteiger partial charge on any atom is 0.374 e. The SMILES string of the molecule is COC(=O)C(=O)Cc1c(F)ccc(Br)c1F. The molecule has 0 aliphatic heterocycles. The molecule has 0 atom stereocenters. The number of ketones is 1. The van der Waals surface area contributed by atoms with E-state index in [1.165, 1.54) is 6.07 Å². The Morgan fingerprint density at radius 1 is 1.38 bits per heavy atom. The summed E-state index contributed by atoms with van der Waals surface area (Å²) in [6.45, 7) is 0. The monoisotopic (exact) mass is 292 g/mol. The average Bonchev–Trinajstić information content (AvgIpc) is 2.28. The highest BCUT2D eigenvalue weighted by Gasteiger charge is 2.20. The summed E-state index contributed by atoms with van der Waals surface area (Å²) in [6.07, 6.45) is -0.663. The Kier molecular flexibility index (Phi) is 4.12. The summed E-state index contributed by atoms with van der Waals surface area (Å²) < 4.78 is 30.8. The van der Waals surface area contributed by atoms with Gasteiger partial charge < -0.3 is 4.74 Å². The summed E-state index contributed by atoms with van der Waals surface area (Å²) in [5.41, 5.74) is -0.454. The first-order chi connectivity index (χ1) is 7.47. The van der Waals surface area contributed by atoms with Crippen molar-refractivity contribution in [2.75, 3.05) is 7.11 Å². The molecule has 3 nitrogen and oxygen atoms in total. The van der Waals surface area contributed by atoms with Crippen molar-refractivity contribution in [1.82, 2.24) is 0 Å². The number of carbonyl (C=O) groups is 2. The van der Waals surface area contributed by atoms with E-state index in [2.05, 4.69) is 20.7 Å². The molecule has 0 spiro atoms. The van der Waals surface area contributed by atoms with Gasteiger partial charge in [0.25, 0.3) is 0 Å². The average molecular weight is 293 g/mol. The van der Waals surface area contributed by atoms with E-state index < -0.39 is 35.4 Å². The standard InChI is InChI=1S/C10H7BrF2O3/c1-16-10(15)8(14)4-5-7(12)3-2-6(11)9(5)13/h2-3H,4H2,1H3. The largest absolute Gasteiger partial charge is 0.463 e. The van der Waals surface area contributed by atoms with Crippen LogP contribution in [0.15, 0.2) is 16.6 Å². The number of Topliss-reactive ketones (excluding diaryl/α,β-unsaturated/α-hetero) is 1. The van der Waals surface area contributed by atoms with Crippen LogP contribution in [0.25, 0.3) is 0 Å². The molecular formula is C10H7BrF2O3. The number of esters is 1. The fraction of sp³-hybridized carbons (Fsp3) is 0.200. The molecule has 0 saturated heterocycles. The molecule has 16 heavy (non-hydrogen) atoms. The molecule has 6 heteroatoms. The maximum atomic E-state index is 13.4. The van der Waals surface area contributed by atoms with E-state index in [9.17, 15) is 18.4 Å². The van der Waals surface area contributed by atoms with Crippen molar-refractivity contribution in [3.63, 3.8) is 0 Å². The van der Waals surface area contributed by atoms with Crippen molar-refractivity contribution < 1.29 is 23.1 Å². The van der Waals surface area contributed by atoms with E-state index in [0.29, 0.717) is 0 Å². The topological polar surface area (TPSA) is 43.4 Å². The summed E-state index contributed by atoms with van der Waals surface area (Å²) >= 11 is 2.86. The van der Waals surface area contributed by atoms with Gasteiger partial charge in [-0.15, -0.1) is 0 Å². The van der Waals surface area contributed by atoms with Gasteiger partial charge in [-0.05, 0) is 28.1 Å². The minimum Gasteiger partial charge on any atom is -0.463 e. The van der Waals surface area contributed by atoms with Crippen molar-refractivity contribution in [2.45, 2.75) is 6.42 Å². The fourth-order valence-electron chi connectivity index (χ4n) is 1.08. The zero-order valence-corrected chi connectivity index (χ0v) is 9.81. The maximum absolute atomic E-state index is 13.4. The zero-order chi connectivity index (χ0) is 12.3. The Morgan fingerprint density at radius 3 is 2.56 bits per heavy atom. The summed E-state index contributed by atoms with van der Waals surface area (Å²) in [5.74, 6) is -3.90. The lowest BCUT2D eigenvalue weighted by Gasteiger charge is -2.04. The van der Waals surface area contributed by atoms with Crippen LogP contribution in [0.2, 0.25) is 0 Å². The Labute approximate surface area is 98.5 Å². The van der Waals surface area contributed by atoms with Gasteiger partial charge in [-0.2, -0.15) is 0 Å².